The molecule has 1 heterocycles. The number of hydrogen-bond donors (Lipinski definition) is 1. The van der Waals surface area contributed by atoms with Crippen LogP contribution < -0.4 is 5.32 Å². The molecule has 1 fully saturated rings. The predicted octanol–water partition coefficient (Wildman–Crippen LogP) is 4.39. The highest BCUT2D eigenvalue weighted by Gasteiger charge is 2.34. The average molecular weight is 289 g/mol. The Morgan fingerprint density at radius 1 is 1.19 bits per heavy atom. The van der Waals surface area contributed by atoms with Crippen LogP contribution in [0.3, 0.4) is 0 Å². The first-order valence-electron chi connectivity index (χ1n) is 8.39. The molecule has 1 aromatic carbocycles. The summed E-state index contributed by atoms with van der Waals surface area (Å²) in [5.41, 5.74) is 7.10. The highest BCUT2D eigenvalue weighted by atomic mass is 16.5. The van der Waals surface area contributed by atoms with Crippen LogP contribution in [0.25, 0.3) is 0 Å². The summed E-state index contributed by atoms with van der Waals surface area (Å²) in [7, 11) is 0. The van der Waals surface area contributed by atoms with Crippen molar-refractivity contribution in [3.63, 3.8) is 0 Å². The molecule has 21 heavy (non-hydrogen) atoms. The molecule has 0 bridgehead atoms. The van der Waals surface area contributed by atoms with E-state index in [1.165, 1.54) is 34.2 Å². The van der Waals surface area contributed by atoms with Gasteiger partial charge >= 0.3 is 0 Å². The lowest BCUT2D eigenvalue weighted by atomic mass is 9.84. The van der Waals surface area contributed by atoms with Crippen molar-refractivity contribution < 1.29 is 4.74 Å². The fourth-order valence-corrected chi connectivity index (χ4v) is 3.54. The lowest BCUT2D eigenvalue weighted by Gasteiger charge is -2.31. The van der Waals surface area contributed by atoms with Crippen molar-refractivity contribution in [3.8, 4) is 0 Å². The monoisotopic (exact) mass is 289 g/mol. The quantitative estimate of drug-likeness (QED) is 0.868. The second-order valence-corrected chi connectivity index (χ2v) is 6.71. The van der Waals surface area contributed by atoms with Gasteiger partial charge in [0.1, 0.15) is 0 Å². The molecule has 0 aliphatic carbocycles. The third-order valence-electron chi connectivity index (χ3n) is 5.12. The summed E-state index contributed by atoms with van der Waals surface area (Å²) in [6.07, 6.45) is 2.63. The zero-order chi connectivity index (χ0) is 15.6. The van der Waals surface area contributed by atoms with Crippen LogP contribution >= 0.6 is 0 Å². The Kier molecular flexibility index (Phi) is 5.45. The highest BCUT2D eigenvalue weighted by Crippen LogP contribution is 2.36. The predicted molar refractivity (Wildman–Crippen MR) is 89.9 cm³/mol. The molecule has 3 unspecified atom stereocenters. The van der Waals surface area contributed by atoms with Gasteiger partial charge in [-0.05, 0) is 80.8 Å². The van der Waals surface area contributed by atoms with Crippen LogP contribution in [0.2, 0.25) is 0 Å². The molecule has 2 rings (SSSR count). The Morgan fingerprint density at radius 2 is 1.81 bits per heavy atom. The third kappa shape index (κ3) is 3.32. The Morgan fingerprint density at radius 3 is 2.29 bits per heavy atom. The van der Waals surface area contributed by atoms with Crippen LogP contribution in [0.1, 0.15) is 60.5 Å². The second-order valence-electron chi connectivity index (χ2n) is 6.71. The van der Waals surface area contributed by atoms with Crippen molar-refractivity contribution in [2.24, 2.45) is 5.92 Å². The molecule has 1 N–H and O–H groups in total. The van der Waals surface area contributed by atoms with Gasteiger partial charge in [-0.15, -0.1) is 0 Å². The van der Waals surface area contributed by atoms with Crippen molar-refractivity contribution in [3.05, 3.63) is 33.9 Å². The van der Waals surface area contributed by atoms with E-state index >= 15 is 0 Å². The van der Waals surface area contributed by atoms with Crippen LogP contribution in [0, 0.1) is 33.6 Å². The van der Waals surface area contributed by atoms with Crippen molar-refractivity contribution in [1.82, 2.24) is 5.32 Å². The van der Waals surface area contributed by atoms with Gasteiger partial charge in [-0.2, -0.15) is 0 Å². The molecule has 0 radical (unpaired) electrons. The normalized spacial score (nSPS) is 23.5. The molecule has 1 saturated heterocycles. The van der Waals surface area contributed by atoms with Crippen molar-refractivity contribution in [2.75, 3.05) is 13.2 Å². The third-order valence-corrected chi connectivity index (χ3v) is 5.12. The fraction of sp³-hybridized carbons (Fsp3) is 0.684. The molecule has 3 atom stereocenters. The number of aryl methyl sites for hydroxylation is 2. The van der Waals surface area contributed by atoms with E-state index in [1.807, 2.05) is 0 Å². The molecule has 118 valence electrons. The SMILES string of the molecule is CCCNC(c1c(C)c(C)cc(C)c1C)C1OCCC1C. The van der Waals surface area contributed by atoms with E-state index < -0.39 is 0 Å². The minimum Gasteiger partial charge on any atom is -0.376 e. The molecule has 0 amide bonds. The first-order valence-corrected chi connectivity index (χ1v) is 8.39. The van der Waals surface area contributed by atoms with E-state index in [-0.39, 0.29) is 0 Å². The first-order chi connectivity index (χ1) is 9.97. The summed E-state index contributed by atoms with van der Waals surface area (Å²) in [6.45, 7) is 15.5. The summed E-state index contributed by atoms with van der Waals surface area (Å²) in [6, 6.07) is 2.63. The highest BCUT2D eigenvalue weighted by molar-refractivity contribution is 5.46. The number of nitrogens with one attached hydrogen (secondary N) is 1. The maximum atomic E-state index is 6.11. The number of rotatable bonds is 5. The van der Waals surface area contributed by atoms with Gasteiger partial charge in [0.05, 0.1) is 12.1 Å². The van der Waals surface area contributed by atoms with Crippen molar-refractivity contribution >= 4 is 0 Å². The van der Waals surface area contributed by atoms with E-state index in [0.29, 0.717) is 18.1 Å². The molecular formula is C19H31NO. The van der Waals surface area contributed by atoms with Gasteiger partial charge in [0, 0.05) is 6.61 Å². The van der Waals surface area contributed by atoms with Crippen LogP contribution in [-0.2, 0) is 4.74 Å². The molecule has 0 saturated carbocycles. The first kappa shape index (κ1) is 16.5. The summed E-state index contributed by atoms with van der Waals surface area (Å²) < 4.78 is 6.11. The van der Waals surface area contributed by atoms with Crippen molar-refractivity contribution in [1.29, 1.82) is 0 Å². The Bertz CT molecular complexity index is 469. The van der Waals surface area contributed by atoms with E-state index in [1.54, 1.807) is 0 Å². The lowest BCUT2D eigenvalue weighted by Crippen LogP contribution is -2.36. The summed E-state index contributed by atoms with van der Waals surface area (Å²) in [5.74, 6) is 0.624. The lowest BCUT2D eigenvalue weighted by molar-refractivity contribution is 0.0603. The topological polar surface area (TPSA) is 21.3 Å². The van der Waals surface area contributed by atoms with Crippen molar-refractivity contribution in [2.45, 2.75) is 66.5 Å². The maximum Gasteiger partial charge on any atom is 0.0796 e. The maximum absolute atomic E-state index is 6.11. The molecule has 1 aliphatic heterocycles. The van der Waals surface area contributed by atoms with Gasteiger partial charge in [-0.3, -0.25) is 0 Å². The minimum atomic E-state index is 0.301. The van der Waals surface area contributed by atoms with Gasteiger partial charge < -0.3 is 10.1 Å². The summed E-state index contributed by atoms with van der Waals surface area (Å²) in [5, 5.41) is 3.77. The molecule has 0 spiro atoms. The second kappa shape index (κ2) is 6.93. The number of benzene rings is 1. The fourth-order valence-electron chi connectivity index (χ4n) is 3.54. The van der Waals surface area contributed by atoms with E-state index in [4.69, 9.17) is 4.74 Å². The largest absolute Gasteiger partial charge is 0.376 e. The van der Waals surface area contributed by atoms with E-state index in [9.17, 15) is 0 Å². The molecule has 2 heteroatoms. The van der Waals surface area contributed by atoms with Crippen LogP contribution in [0.4, 0.5) is 0 Å². The van der Waals surface area contributed by atoms with Gasteiger partial charge in [0.2, 0.25) is 0 Å². The summed E-state index contributed by atoms with van der Waals surface area (Å²) in [4.78, 5) is 0. The van der Waals surface area contributed by atoms with E-state index in [0.717, 1.165) is 19.6 Å². The standard InChI is InChI=1S/C19H31NO/c1-7-9-20-18(19-12(2)8-10-21-19)17-15(5)13(3)11-14(4)16(17)6/h11-12,18-20H,7-10H2,1-6H3. The van der Waals surface area contributed by atoms with Gasteiger partial charge in [0.25, 0.3) is 0 Å². The summed E-state index contributed by atoms with van der Waals surface area (Å²) >= 11 is 0. The van der Waals surface area contributed by atoms with Crippen LogP contribution in [0.15, 0.2) is 6.07 Å². The van der Waals surface area contributed by atoms with Gasteiger partial charge in [-0.1, -0.05) is 19.9 Å². The molecule has 2 nitrogen and oxygen atoms in total. The Hall–Kier alpha value is -0.860. The zero-order valence-corrected chi connectivity index (χ0v) is 14.5. The Labute approximate surface area is 130 Å². The van der Waals surface area contributed by atoms with Crippen LogP contribution in [-0.4, -0.2) is 19.3 Å². The number of hydrogen-bond acceptors (Lipinski definition) is 2. The smallest absolute Gasteiger partial charge is 0.0796 e. The van der Waals surface area contributed by atoms with E-state index in [2.05, 4.69) is 52.9 Å². The molecular weight excluding hydrogens is 258 g/mol. The Balaban J connectivity index is 2.45. The molecule has 1 aliphatic rings. The zero-order valence-electron chi connectivity index (χ0n) is 14.5. The number of ether oxygens (including phenoxy) is 1. The van der Waals surface area contributed by atoms with Gasteiger partial charge in [0.15, 0.2) is 0 Å². The molecule has 0 aromatic heterocycles. The van der Waals surface area contributed by atoms with Crippen LogP contribution in [0.5, 0.6) is 0 Å². The van der Waals surface area contributed by atoms with Gasteiger partial charge in [-0.25, -0.2) is 0 Å². The molecule has 1 aromatic rings. The average Bonchev–Trinajstić information content (AvgIpc) is 2.86. The minimum absolute atomic E-state index is 0.301.